The Hall–Kier alpha value is -0.450. The van der Waals surface area contributed by atoms with Crippen molar-refractivity contribution in [3.8, 4) is 0 Å². The highest BCUT2D eigenvalue weighted by atomic mass is 79.9. The maximum atomic E-state index is 14.0. The third-order valence-electron chi connectivity index (χ3n) is 4.08. The quantitative estimate of drug-likeness (QED) is 0.909. The Morgan fingerprint density at radius 2 is 2.26 bits per heavy atom. The zero-order chi connectivity index (χ0) is 13.8. The number of nitrogens with two attached hydrogens (primary N) is 1. The molecular weight excluding hydrogens is 307 g/mol. The standard InChI is InChI=1S/C15H22BrFN2/c1-11(14-10-12(16)5-6-15(14)17)19-9-3-2-4-13(19)7-8-18/h5-6,10-11,13H,2-4,7-9,18H2,1H3. The number of hydrogen-bond acceptors (Lipinski definition) is 2. The number of piperidine rings is 1. The van der Waals surface area contributed by atoms with Gasteiger partial charge in [0.1, 0.15) is 5.82 Å². The van der Waals surface area contributed by atoms with Crippen LogP contribution in [0, 0.1) is 5.82 Å². The lowest BCUT2D eigenvalue weighted by Crippen LogP contribution is -2.42. The van der Waals surface area contributed by atoms with Gasteiger partial charge in [-0.1, -0.05) is 22.4 Å². The largest absolute Gasteiger partial charge is 0.330 e. The van der Waals surface area contributed by atoms with Gasteiger partial charge in [0.05, 0.1) is 0 Å². The average molecular weight is 329 g/mol. The van der Waals surface area contributed by atoms with E-state index in [1.807, 2.05) is 6.07 Å². The molecule has 2 N–H and O–H groups in total. The van der Waals surface area contributed by atoms with E-state index in [4.69, 9.17) is 5.73 Å². The summed E-state index contributed by atoms with van der Waals surface area (Å²) in [5.41, 5.74) is 6.48. The van der Waals surface area contributed by atoms with Crippen molar-refractivity contribution in [2.45, 2.75) is 44.7 Å². The molecule has 2 unspecified atom stereocenters. The number of benzene rings is 1. The Balaban J connectivity index is 2.20. The van der Waals surface area contributed by atoms with Gasteiger partial charge in [-0.2, -0.15) is 0 Å². The molecule has 1 aromatic rings. The van der Waals surface area contributed by atoms with Crippen LogP contribution in [0.15, 0.2) is 22.7 Å². The summed E-state index contributed by atoms with van der Waals surface area (Å²) >= 11 is 3.43. The van der Waals surface area contributed by atoms with Crippen LogP contribution in [0.2, 0.25) is 0 Å². The molecule has 2 rings (SSSR count). The molecule has 0 aromatic heterocycles. The smallest absolute Gasteiger partial charge is 0.128 e. The Morgan fingerprint density at radius 1 is 1.47 bits per heavy atom. The molecule has 1 aliphatic heterocycles. The van der Waals surface area contributed by atoms with Gasteiger partial charge in [0.15, 0.2) is 0 Å². The summed E-state index contributed by atoms with van der Waals surface area (Å²) in [5, 5.41) is 0. The molecule has 2 nitrogen and oxygen atoms in total. The van der Waals surface area contributed by atoms with Gasteiger partial charge in [-0.25, -0.2) is 4.39 Å². The molecule has 1 aromatic carbocycles. The highest BCUT2D eigenvalue weighted by molar-refractivity contribution is 9.10. The van der Waals surface area contributed by atoms with E-state index in [1.54, 1.807) is 6.07 Å². The molecule has 1 heterocycles. The van der Waals surface area contributed by atoms with Crippen LogP contribution in [0.3, 0.4) is 0 Å². The maximum Gasteiger partial charge on any atom is 0.128 e. The molecule has 4 heteroatoms. The fourth-order valence-electron chi connectivity index (χ4n) is 3.05. The topological polar surface area (TPSA) is 29.3 Å². The Bertz CT molecular complexity index is 423. The predicted octanol–water partition coefficient (Wildman–Crippen LogP) is 3.85. The van der Waals surface area contributed by atoms with Gasteiger partial charge in [0.2, 0.25) is 0 Å². The van der Waals surface area contributed by atoms with Crippen LogP contribution in [0.25, 0.3) is 0 Å². The lowest BCUT2D eigenvalue weighted by Gasteiger charge is -2.40. The molecule has 0 aliphatic carbocycles. The van der Waals surface area contributed by atoms with E-state index in [1.165, 1.54) is 25.3 Å². The van der Waals surface area contributed by atoms with Gasteiger partial charge < -0.3 is 5.73 Å². The minimum atomic E-state index is -0.118. The second-order valence-corrected chi connectivity index (χ2v) is 6.22. The van der Waals surface area contributed by atoms with E-state index in [0.717, 1.165) is 23.0 Å². The second-order valence-electron chi connectivity index (χ2n) is 5.31. The summed E-state index contributed by atoms with van der Waals surface area (Å²) in [6, 6.07) is 5.78. The molecule has 2 atom stereocenters. The summed E-state index contributed by atoms with van der Waals surface area (Å²) in [5.74, 6) is -0.118. The van der Waals surface area contributed by atoms with E-state index in [-0.39, 0.29) is 11.9 Å². The zero-order valence-electron chi connectivity index (χ0n) is 11.4. The summed E-state index contributed by atoms with van der Waals surface area (Å²) in [7, 11) is 0. The summed E-state index contributed by atoms with van der Waals surface area (Å²) in [6.07, 6.45) is 4.63. The van der Waals surface area contributed by atoms with E-state index >= 15 is 0 Å². The Kier molecular flexibility index (Phi) is 5.37. The molecule has 19 heavy (non-hydrogen) atoms. The first-order chi connectivity index (χ1) is 9.13. The van der Waals surface area contributed by atoms with Crippen LogP contribution < -0.4 is 5.73 Å². The predicted molar refractivity (Wildman–Crippen MR) is 80.5 cm³/mol. The minimum Gasteiger partial charge on any atom is -0.330 e. The molecule has 1 fully saturated rings. The van der Waals surface area contributed by atoms with Crippen molar-refractivity contribution < 1.29 is 4.39 Å². The molecule has 0 amide bonds. The van der Waals surface area contributed by atoms with Crippen molar-refractivity contribution in [2.75, 3.05) is 13.1 Å². The van der Waals surface area contributed by atoms with Crippen molar-refractivity contribution in [3.05, 3.63) is 34.1 Å². The van der Waals surface area contributed by atoms with Crippen LogP contribution in [-0.2, 0) is 0 Å². The first-order valence-corrected chi connectivity index (χ1v) is 7.83. The minimum absolute atomic E-state index is 0.106. The van der Waals surface area contributed by atoms with Crippen LogP contribution in [0.4, 0.5) is 4.39 Å². The molecule has 106 valence electrons. The lowest BCUT2D eigenvalue weighted by atomic mass is 9.95. The second kappa shape index (κ2) is 6.82. The number of nitrogens with zero attached hydrogens (tertiary/aromatic N) is 1. The molecule has 0 radical (unpaired) electrons. The van der Waals surface area contributed by atoms with Gasteiger partial charge >= 0.3 is 0 Å². The lowest BCUT2D eigenvalue weighted by molar-refractivity contribution is 0.0965. The van der Waals surface area contributed by atoms with E-state index in [2.05, 4.69) is 27.8 Å². The highest BCUT2D eigenvalue weighted by Crippen LogP contribution is 2.32. The van der Waals surface area contributed by atoms with Crippen LogP contribution in [-0.4, -0.2) is 24.0 Å². The summed E-state index contributed by atoms with van der Waals surface area (Å²) in [4.78, 5) is 2.42. The van der Waals surface area contributed by atoms with Crippen molar-refractivity contribution in [2.24, 2.45) is 5.73 Å². The van der Waals surface area contributed by atoms with Crippen molar-refractivity contribution >= 4 is 15.9 Å². The summed E-state index contributed by atoms with van der Waals surface area (Å²) < 4.78 is 14.9. The number of likely N-dealkylation sites (tertiary alicyclic amines) is 1. The number of rotatable bonds is 4. The zero-order valence-corrected chi connectivity index (χ0v) is 13.0. The fourth-order valence-corrected chi connectivity index (χ4v) is 3.43. The molecule has 1 aliphatic rings. The van der Waals surface area contributed by atoms with Crippen molar-refractivity contribution in [3.63, 3.8) is 0 Å². The molecule has 0 saturated carbocycles. The average Bonchev–Trinajstić information content (AvgIpc) is 2.42. The van der Waals surface area contributed by atoms with E-state index in [0.29, 0.717) is 12.6 Å². The van der Waals surface area contributed by atoms with Crippen LogP contribution in [0.1, 0.15) is 44.2 Å². The van der Waals surface area contributed by atoms with Crippen molar-refractivity contribution in [1.29, 1.82) is 0 Å². The normalized spacial score (nSPS) is 22.4. The molecular formula is C15H22BrFN2. The Labute approximate surface area is 123 Å². The van der Waals surface area contributed by atoms with Gasteiger partial charge in [-0.15, -0.1) is 0 Å². The molecule has 1 saturated heterocycles. The highest BCUT2D eigenvalue weighted by Gasteiger charge is 2.28. The Morgan fingerprint density at radius 3 is 3.00 bits per heavy atom. The van der Waals surface area contributed by atoms with Crippen LogP contribution in [0.5, 0.6) is 0 Å². The molecule has 0 bridgehead atoms. The first kappa shape index (κ1) is 14.9. The van der Waals surface area contributed by atoms with Gasteiger partial charge in [-0.05, 0) is 57.5 Å². The van der Waals surface area contributed by atoms with E-state index in [9.17, 15) is 4.39 Å². The third-order valence-corrected chi connectivity index (χ3v) is 4.57. The molecule has 0 spiro atoms. The first-order valence-electron chi connectivity index (χ1n) is 7.04. The van der Waals surface area contributed by atoms with Crippen molar-refractivity contribution in [1.82, 2.24) is 4.90 Å². The van der Waals surface area contributed by atoms with Gasteiger partial charge in [0.25, 0.3) is 0 Å². The van der Waals surface area contributed by atoms with Crippen LogP contribution >= 0.6 is 15.9 Å². The third kappa shape index (κ3) is 3.56. The van der Waals surface area contributed by atoms with E-state index < -0.39 is 0 Å². The fraction of sp³-hybridized carbons (Fsp3) is 0.600. The SMILES string of the molecule is CC(c1cc(Br)ccc1F)N1CCCCC1CCN. The maximum absolute atomic E-state index is 14.0. The number of hydrogen-bond donors (Lipinski definition) is 1. The monoisotopic (exact) mass is 328 g/mol. The van der Waals surface area contributed by atoms with Gasteiger partial charge in [-0.3, -0.25) is 4.90 Å². The number of halogens is 2. The van der Waals surface area contributed by atoms with Gasteiger partial charge in [0, 0.05) is 22.1 Å². The summed E-state index contributed by atoms with van der Waals surface area (Å²) in [6.45, 7) is 3.84.